The third kappa shape index (κ3) is 1.75. The van der Waals surface area contributed by atoms with Crippen LogP contribution in [-0.4, -0.2) is 26.1 Å². The van der Waals surface area contributed by atoms with Crippen molar-refractivity contribution in [3.05, 3.63) is 24.2 Å². The van der Waals surface area contributed by atoms with Gasteiger partial charge in [0.1, 0.15) is 0 Å². The summed E-state index contributed by atoms with van der Waals surface area (Å²) in [5, 5.41) is 4.51. The largest absolute Gasteiger partial charge is 0.397 e. The summed E-state index contributed by atoms with van der Waals surface area (Å²) < 4.78 is 1.78. The molecule has 5 heteroatoms. The maximum absolute atomic E-state index is 5.72. The first-order chi connectivity index (χ1) is 7.83. The van der Waals surface area contributed by atoms with E-state index in [0.717, 1.165) is 17.2 Å². The van der Waals surface area contributed by atoms with Gasteiger partial charge in [0.2, 0.25) is 0 Å². The summed E-state index contributed by atoms with van der Waals surface area (Å²) in [6, 6.07) is 3.79. The van der Waals surface area contributed by atoms with Gasteiger partial charge in [0.05, 0.1) is 11.9 Å². The minimum atomic E-state index is 0.530. The van der Waals surface area contributed by atoms with Gasteiger partial charge in [-0.1, -0.05) is 0 Å². The zero-order valence-corrected chi connectivity index (χ0v) is 9.78. The average Bonchev–Trinajstić information content (AvgIpc) is 2.73. The normalized spacial score (nSPS) is 18.0. The van der Waals surface area contributed by atoms with Crippen molar-refractivity contribution in [2.45, 2.75) is 18.8 Å². The fourth-order valence-corrected chi connectivity index (χ4v) is 3.15. The number of rotatable bonds is 1. The molecule has 84 valence electrons. The van der Waals surface area contributed by atoms with E-state index in [4.69, 9.17) is 5.73 Å². The first kappa shape index (κ1) is 9.96. The molecule has 16 heavy (non-hydrogen) atoms. The van der Waals surface area contributed by atoms with Crippen LogP contribution in [0.5, 0.6) is 0 Å². The quantitative estimate of drug-likeness (QED) is 0.819. The molecule has 0 aromatic carbocycles. The van der Waals surface area contributed by atoms with Crippen LogP contribution in [0.3, 0.4) is 0 Å². The Bertz CT molecular complexity index is 502. The monoisotopic (exact) mass is 234 g/mol. The second-order valence-electron chi connectivity index (χ2n) is 4.12. The number of anilines is 1. The van der Waals surface area contributed by atoms with Gasteiger partial charge < -0.3 is 5.73 Å². The fraction of sp³-hybridized carbons (Fsp3) is 0.455. The molecule has 1 fully saturated rings. The summed E-state index contributed by atoms with van der Waals surface area (Å²) in [4.78, 5) is 4.56. The number of pyridine rings is 1. The molecule has 0 spiro atoms. The highest BCUT2D eigenvalue weighted by Gasteiger charge is 2.19. The summed E-state index contributed by atoms with van der Waals surface area (Å²) >= 11 is 2.02. The molecule has 0 atom stereocenters. The summed E-state index contributed by atoms with van der Waals surface area (Å²) in [7, 11) is 0. The van der Waals surface area contributed by atoms with Crippen molar-refractivity contribution in [3.8, 4) is 0 Å². The number of aromatic nitrogens is 3. The first-order valence-corrected chi connectivity index (χ1v) is 6.68. The fourth-order valence-electron chi connectivity index (χ4n) is 2.04. The molecule has 3 heterocycles. The highest BCUT2D eigenvalue weighted by molar-refractivity contribution is 7.99. The van der Waals surface area contributed by atoms with Gasteiger partial charge in [-0.2, -0.15) is 16.9 Å². The van der Waals surface area contributed by atoms with E-state index in [2.05, 4.69) is 10.1 Å². The summed E-state index contributed by atoms with van der Waals surface area (Å²) in [6.07, 6.45) is 4.21. The van der Waals surface area contributed by atoms with Crippen LogP contribution in [0.15, 0.2) is 18.3 Å². The Morgan fingerprint density at radius 1 is 1.31 bits per heavy atom. The van der Waals surface area contributed by atoms with E-state index in [-0.39, 0.29) is 0 Å². The van der Waals surface area contributed by atoms with Gasteiger partial charge >= 0.3 is 0 Å². The minimum Gasteiger partial charge on any atom is -0.397 e. The lowest BCUT2D eigenvalue weighted by Gasteiger charge is -2.17. The lowest BCUT2D eigenvalue weighted by molar-refractivity contribution is 0.598. The van der Waals surface area contributed by atoms with E-state index in [1.54, 1.807) is 4.52 Å². The van der Waals surface area contributed by atoms with Crippen LogP contribution in [0.25, 0.3) is 5.65 Å². The number of hydrogen-bond acceptors (Lipinski definition) is 4. The highest BCUT2D eigenvalue weighted by atomic mass is 32.2. The SMILES string of the molecule is Nc1ccc2nc(C3CCSCC3)nn2c1. The van der Waals surface area contributed by atoms with Crippen molar-refractivity contribution in [3.63, 3.8) is 0 Å². The van der Waals surface area contributed by atoms with Crippen molar-refractivity contribution < 1.29 is 0 Å². The Morgan fingerprint density at radius 2 is 2.12 bits per heavy atom. The second kappa shape index (κ2) is 3.97. The van der Waals surface area contributed by atoms with E-state index in [9.17, 15) is 0 Å². The van der Waals surface area contributed by atoms with Gasteiger partial charge in [-0.25, -0.2) is 9.50 Å². The Kier molecular flexibility index (Phi) is 2.47. The molecule has 0 radical (unpaired) electrons. The zero-order valence-electron chi connectivity index (χ0n) is 8.97. The maximum Gasteiger partial charge on any atom is 0.155 e. The van der Waals surface area contributed by atoms with E-state index < -0.39 is 0 Å². The minimum absolute atomic E-state index is 0.530. The molecule has 0 bridgehead atoms. The van der Waals surface area contributed by atoms with Crippen LogP contribution in [-0.2, 0) is 0 Å². The lowest BCUT2D eigenvalue weighted by Crippen LogP contribution is -2.09. The van der Waals surface area contributed by atoms with Crippen molar-refractivity contribution in [2.24, 2.45) is 0 Å². The van der Waals surface area contributed by atoms with Crippen LogP contribution in [0.2, 0.25) is 0 Å². The summed E-state index contributed by atoms with van der Waals surface area (Å²) in [5.74, 6) is 3.96. The highest BCUT2D eigenvalue weighted by Crippen LogP contribution is 2.29. The molecule has 2 N–H and O–H groups in total. The van der Waals surface area contributed by atoms with E-state index in [1.807, 2.05) is 30.1 Å². The van der Waals surface area contributed by atoms with Crippen LogP contribution in [0.1, 0.15) is 24.6 Å². The van der Waals surface area contributed by atoms with Crippen LogP contribution >= 0.6 is 11.8 Å². The van der Waals surface area contributed by atoms with Gasteiger partial charge in [-0.15, -0.1) is 0 Å². The van der Waals surface area contributed by atoms with Gasteiger partial charge in [-0.05, 0) is 36.5 Å². The number of fused-ring (bicyclic) bond motifs is 1. The first-order valence-electron chi connectivity index (χ1n) is 5.52. The molecule has 0 aliphatic carbocycles. The van der Waals surface area contributed by atoms with E-state index in [0.29, 0.717) is 5.92 Å². The third-order valence-electron chi connectivity index (χ3n) is 2.96. The van der Waals surface area contributed by atoms with Crippen molar-refractivity contribution >= 4 is 23.1 Å². The maximum atomic E-state index is 5.72. The van der Waals surface area contributed by atoms with Crippen molar-refractivity contribution in [1.82, 2.24) is 14.6 Å². The molecule has 0 saturated carbocycles. The molecular formula is C11H14N4S. The molecule has 2 aromatic rings. The molecular weight excluding hydrogens is 220 g/mol. The molecule has 1 saturated heterocycles. The molecule has 0 unspecified atom stereocenters. The molecule has 3 rings (SSSR count). The third-order valence-corrected chi connectivity index (χ3v) is 4.01. The molecule has 1 aliphatic rings. The predicted molar refractivity (Wildman–Crippen MR) is 66.7 cm³/mol. The van der Waals surface area contributed by atoms with E-state index >= 15 is 0 Å². The Hall–Kier alpha value is -1.23. The van der Waals surface area contributed by atoms with Gasteiger partial charge in [0.15, 0.2) is 11.5 Å². The van der Waals surface area contributed by atoms with Crippen LogP contribution in [0, 0.1) is 0 Å². The number of hydrogen-bond donors (Lipinski definition) is 1. The number of nitrogens with two attached hydrogens (primary N) is 1. The van der Waals surface area contributed by atoms with Gasteiger partial charge in [0.25, 0.3) is 0 Å². The topological polar surface area (TPSA) is 56.2 Å². The molecule has 2 aromatic heterocycles. The number of nitrogens with zero attached hydrogens (tertiary/aromatic N) is 3. The Balaban J connectivity index is 1.97. The lowest BCUT2D eigenvalue weighted by atomic mass is 10.0. The van der Waals surface area contributed by atoms with Crippen molar-refractivity contribution in [2.75, 3.05) is 17.2 Å². The van der Waals surface area contributed by atoms with Crippen LogP contribution < -0.4 is 5.73 Å². The second-order valence-corrected chi connectivity index (χ2v) is 5.35. The van der Waals surface area contributed by atoms with Crippen molar-refractivity contribution in [1.29, 1.82) is 0 Å². The number of thioether (sulfide) groups is 1. The van der Waals surface area contributed by atoms with Gasteiger partial charge in [-0.3, -0.25) is 0 Å². The Morgan fingerprint density at radius 3 is 2.94 bits per heavy atom. The standard InChI is InChI=1S/C11H14N4S/c12-9-1-2-10-13-11(14-15(10)7-9)8-3-5-16-6-4-8/h1-2,7-8H,3-6,12H2. The molecule has 1 aliphatic heterocycles. The van der Waals surface area contributed by atoms with E-state index in [1.165, 1.54) is 24.3 Å². The van der Waals surface area contributed by atoms with Crippen LogP contribution in [0.4, 0.5) is 5.69 Å². The smallest absolute Gasteiger partial charge is 0.155 e. The molecule has 0 amide bonds. The van der Waals surface area contributed by atoms with Gasteiger partial charge in [0, 0.05) is 5.92 Å². The predicted octanol–water partition coefficient (Wildman–Crippen LogP) is 1.92. The summed E-state index contributed by atoms with van der Waals surface area (Å²) in [6.45, 7) is 0. The summed E-state index contributed by atoms with van der Waals surface area (Å²) in [5.41, 5.74) is 7.34. The average molecular weight is 234 g/mol. The number of nitrogen functional groups attached to an aromatic ring is 1. The zero-order chi connectivity index (χ0) is 11.0. The molecule has 4 nitrogen and oxygen atoms in total. The Labute approximate surface area is 98.2 Å².